The number of methoxy groups -OCH3 is 1. The molecule has 2 aromatic carbocycles. The van der Waals surface area contributed by atoms with Crippen LogP contribution in [0.15, 0.2) is 60.8 Å². The number of rotatable bonds is 7. The summed E-state index contributed by atoms with van der Waals surface area (Å²) in [7, 11) is 1.67. The summed E-state index contributed by atoms with van der Waals surface area (Å²) in [6.45, 7) is 2.49. The summed E-state index contributed by atoms with van der Waals surface area (Å²) in [5.41, 5.74) is 2.93. The number of carbonyl (C=O) groups is 1. The van der Waals surface area contributed by atoms with Crippen LogP contribution in [0, 0.1) is 5.82 Å². The Labute approximate surface area is 157 Å². The highest BCUT2D eigenvalue weighted by Gasteiger charge is 2.08. The Morgan fingerprint density at radius 3 is 2.44 bits per heavy atom. The van der Waals surface area contributed by atoms with Gasteiger partial charge in [-0.3, -0.25) is 9.48 Å². The van der Waals surface area contributed by atoms with Gasteiger partial charge in [0.2, 0.25) is 5.91 Å². The van der Waals surface area contributed by atoms with Crippen LogP contribution >= 0.6 is 0 Å². The van der Waals surface area contributed by atoms with Crippen molar-refractivity contribution in [2.24, 2.45) is 0 Å². The number of benzene rings is 2. The molecule has 3 aromatic rings. The highest BCUT2D eigenvalue weighted by Crippen LogP contribution is 2.16. The molecule has 0 aliphatic rings. The Kier molecular flexibility index (Phi) is 5.98. The molecular formula is C21H22FN3O2. The fraction of sp³-hybridized carbons (Fsp3) is 0.238. The van der Waals surface area contributed by atoms with E-state index in [9.17, 15) is 9.18 Å². The molecular weight excluding hydrogens is 345 g/mol. The maximum Gasteiger partial charge on any atom is 0.229 e. The summed E-state index contributed by atoms with van der Waals surface area (Å²) in [5, 5.41) is 7.13. The minimum atomic E-state index is -0.267. The Hall–Kier alpha value is -2.99. The fourth-order valence-electron chi connectivity index (χ4n) is 2.71. The molecule has 0 aliphatic carbocycles. The zero-order chi connectivity index (χ0) is 19.2. The normalized spacial score (nSPS) is 12.0. The number of hydrogen-bond donors (Lipinski definition) is 1. The first kappa shape index (κ1) is 18.8. The molecule has 0 fully saturated rings. The fourth-order valence-corrected chi connectivity index (χ4v) is 2.71. The Bertz CT molecular complexity index is 889. The van der Waals surface area contributed by atoms with Gasteiger partial charge in [-0.1, -0.05) is 36.4 Å². The molecule has 1 amide bonds. The van der Waals surface area contributed by atoms with Gasteiger partial charge in [-0.25, -0.2) is 4.39 Å². The number of hydrogen-bond acceptors (Lipinski definition) is 3. The summed E-state index contributed by atoms with van der Waals surface area (Å²) in [6.07, 6.45) is 2.07. The van der Waals surface area contributed by atoms with E-state index in [1.54, 1.807) is 36.2 Å². The molecule has 1 atom stereocenters. The van der Waals surface area contributed by atoms with Gasteiger partial charge in [0.1, 0.15) is 5.82 Å². The Morgan fingerprint density at radius 1 is 1.11 bits per heavy atom. The van der Waals surface area contributed by atoms with E-state index in [0.29, 0.717) is 12.4 Å². The molecule has 1 N–H and O–H groups in total. The monoisotopic (exact) mass is 367 g/mol. The number of amides is 1. The van der Waals surface area contributed by atoms with Crippen molar-refractivity contribution in [1.82, 2.24) is 9.78 Å². The van der Waals surface area contributed by atoms with Crippen molar-refractivity contribution >= 4 is 11.7 Å². The maximum absolute atomic E-state index is 13.0. The lowest BCUT2D eigenvalue weighted by molar-refractivity contribution is -0.115. The Balaban J connectivity index is 1.55. The lowest BCUT2D eigenvalue weighted by atomic mass is 10.1. The van der Waals surface area contributed by atoms with Gasteiger partial charge in [0.25, 0.3) is 0 Å². The van der Waals surface area contributed by atoms with Crippen molar-refractivity contribution in [2.75, 3.05) is 12.4 Å². The minimum absolute atomic E-state index is 0.0259. The van der Waals surface area contributed by atoms with Crippen molar-refractivity contribution in [2.45, 2.75) is 26.0 Å². The number of nitrogens with zero attached hydrogens (tertiary/aromatic N) is 2. The van der Waals surface area contributed by atoms with Gasteiger partial charge in [-0.2, -0.15) is 5.10 Å². The first-order chi connectivity index (χ1) is 13.0. The highest BCUT2D eigenvalue weighted by molar-refractivity contribution is 5.91. The van der Waals surface area contributed by atoms with Crippen molar-refractivity contribution in [3.63, 3.8) is 0 Å². The largest absolute Gasteiger partial charge is 0.377 e. The van der Waals surface area contributed by atoms with Crippen molar-refractivity contribution in [3.05, 3.63) is 83.3 Å². The van der Waals surface area contributed by atoms with Gasteiger partial charge in [0.05, 0.1) is 19.1 Å². The van der Waals surface area contributed by atoms with Crippen molar-refractivity contribution in [1.29, 1.82) is 0 Å². The first-order valence-electron chi connectivity index (χ1n) is 8.73. The van der Waals surface area contributed by atoms with Crippen LogP contribution in [0.3, 0.4) is 0 Å². The lowest BCUT2D eigenvalue weighted by Crippen LogP contribution is -2.15. The average Bonchev–Trinajstić information content (AvgIpc) is 3.10. The van der Waals surface area contributed by atoms with Crippen LogP contribution in [0.25, 0.3) is 0 Å². The van der Waals surface area contributed by atoms with E-state index >= 15 is 0 Å². The third kappa shape index (κ3) is 5.24. The van der Waals surface area contributed by atoms with E-state index in [1.807, 2.05) is 31.2 Å². The summed E-state index contributed by atoms with van der Waals surface area (Å²) in [5.74, 6) is 0.0955. The summed E-state index contributed by atoms with van der Waals surface area (Å²) in [6, 6.07) is 15.8. The summed E-state index contributed by atoms with van der Waals surface area (Å²) < 4.78 is 19.9. The molecule has 0 aliphatic heterocycles. The van der Waals surface area contributed by atoms with Crippen LogP contribution in [-0.2, 0) is 22.5 Å². The maximum atomic E-state index is 13.0. The first-order valence-corrected chi connectivity index (χ1v) is 8.73. The number of aromatic nitrogens is 2. The third-order valence-electron chi connectivity index (χ3n) is 4.33. The topological polar surface area (TPSA) is 56.1 Å². The minimum Gasteiger partial charge on any atom is -0.377 e. The molecule has 0 radical (unpaired) electrons. The second-order valence-electron chi connectivity index (χ2n) is 6.37. The SMILES string of the molecule is COC(C)c1ccc(CC(=O)Nc2ccn(Cc3ccc(F)cc3)n2)cc1. The number of ether oxygens (including phenoxy) is 1. The molecule has 1 unspecified atom stereocenters. The highest BCUT2D eigenvalue weighted by atomic mass is 19.1. The van der Waals surface area contributed by atoms with Crippen molar-refractivity contribution < 1.29 is 13.9 Å². The quantitative estimate of drug-likeness (QED) is 0.688. The molecule has 140 valence electrons. The predicted octanol–water partition coefficient (Wildman–Crippen LogP) is 3.96. The smallest absolute Gasteiger partial charge is 0.229 e. The van der Waals surface area contributed by atoms with Crippen LogP contribution in [0.5, 0.6) is 0 Å². The van der Waals surface area contributed by atoms with Crippen LogP contribution in [0.4, 0.5) is 10.2 Å². The number of halogens is 1. The molecule has 1 heterocycles. The third-order valence-corrected chi connectivity index (χ3v) is 4.33. The standard InChI is InChI=1S/C21H22FN3O2/c1-15(27-2)18-7-3-16(4-8-18)13-21(26)23-20-11-12-25(24-20)14-17-5-9-19(22)10-6-17/h3-12,15H,13-14H2,1-2H3,(H,23,24,26). The second-order valence-corrected chi connectivity index (χ2v) is 6.37. The zero-order valence-electron chi connectivity index (χ0n) is 15.4. The van der Waals surface area contributed by atoms with E-state index in [-0.39, 0.29) is 24.2 Å². The van der Waals surface area contributed by atoms with E-state index in [4.69, 9.17) is 4.74 Å². The van der Waals surface area contributed by atoms with E-state index < -0.39 is 0 Å². The molecule has 0 saturated heterocycles. The molecule has 0 spiro atoms. The van der Waals surface area contributed by atoms with Gasteiger partial charge in [0.15, 0.2) is 5.82 Å². The zero-order valence-corrected chi connectivity index (χ0v) is 15.4. The Morgan fingerprint density at radius 2 is 1.78 bits per heavy atom. The number of nitrogens with one attached hydrogen (secondary N) is 1. The van der Waals surface area contributed by atoms with Crippen LogP contribution in [0.2, 0.25) is 0 Å². The van der Waals surface area contributed by atoms with E-state index in [2.05, 4.69) is 10.4 Å². The molecule has 0 saturated carbocycles. The molecule has 5 nitrogen and oxygen atoms in total. The molecule has 6 heteroatoms. The van der Waals surface area contributed by atoms with E-state index in [1.165, 1.54) is 12.1 Å². The molecule has 27 heavy (non-hydrogen) atoms. The number of carbonyl (C=O) groups excluding carboxylic acids is 1. The summed E-state index contributed by atoms with van der Waals surface area (Å²) in [4.78, 5) is 12.2. The second kappa shape index (κ2) is 8.60. The van der Waals surface area contributed by atoms with Gasteiger partial charge >= 0.3 is 0 Å². The summed E-state index contributed by atoms with van der Waals surface area (Å²) >= 11 is 0. The average molecular weight is 367 g/mol. The van der Waals surface area contributed by atoms with Crippen LogP contribution in [0.1, 0.15) is 29.7 Å². The van der Waals surface area contributed by atoms with Crippen LogP contribution < -0.4 is 5.32 Å². The van der Waals surface area contributed by atoms with Crippen molar-refractivity contribution in [3.8, 4) is 0 Å². The predicted molar refractivity (Wildman–Crippen MR) is 102 cm³/mol. The van der Waals surface area contributed by atoms with Gasteiger partial charge in [0, 0.05) is 19.4 Å². The molecule has 1 aromatic heterocycles. The molecule has 3 rings (SSSR count). The van der Waals surface area contributed by atoms with E-state index in [0.717, 1.165) is 16.7 Å². The lowest BCUT2D eigenvalue weighted by Gasteiger charge is -2.10. The van der Waals surface area contributed by atoms with Gasteiger partial charge in [-0.15, -0.1) is 0 Å². The van der Waals surface area contributed by atoms with Gasteiger partial charge < -0.3 is 10.1 Å². The van der Waals surface area contributed by atoms with Gasteiger partial charge in [-0.05, 0) is 35.7 Å². The molecule has 0 bridgehead atoms. The number of anilines is 1. The van der Waals surface area contributed by atoms with Crippen LogP contribution in [-0.4, -0.2) is 22.8 Å².